The van der Waals surface area contributed by atoms with E-state index in [9.17, 15) is 0 Å². The normalized spacial score (nSPS) is 12.1. The van der Waals surface area contributed by atoms with Crippen molar-refractivity contribution in [3.8, 4) is 11.4 Å². The molecule has 0 fully saturated rings. The van der Waals surface area contributed by atoms with Crippen LogP contribution in [0.2, 0.25) is 0 Å². The van der Waals surface area contributed by atoms with Crippen molar-refractivity contribution in [2.45, 2.75) is 0 Å². The number of rotatable bonds is 6. The van der Waals surface area contributed by atoms with Crippen molar-refractivity contribution in [3.05, 3.63) is 218 Å². The molecule has 0 radical (unpaired) electrons. The zero-order valence-corrected chi connectivity index (χ0v) is 32.6. The van der Waals surface area contributed by atoms with Crippen LogP contribution in [0.15, 0.2) is 223 Å². The van der Waals surface area contributed by atoms with Gasteiger partial charge in [0.15, 0.2) is 8.07 Å². The van der Waals surface area contributed by atoms with Gasteiger partial charge in [-0.3, -0.25) is 0 Å². The Hall–Kier alpha value is -7.40. The highest BCUT2D eigenvalue weighted by atomic mass is 28.3. The molecule has 0 aliphatic heterocycles. The van der Waals surface area contributed by atoms with Gasteiger partial charge in [-0.25, -0.2) is 0 Å². The van der Waals surface area contributed by atoms with Crippen LogP contribution in [0.3, 0.4) is 0 Å². The lowest BCUT2D eigenvalue weighted by atomic mass is 10.1. The zero-order valence-electron chi connectivity index (χ0n) is 31.6. The summed E-state index contributed by atoms with van der Waals surface area (Å²) in [5.41, 5.74) is 8.86. The fraction of sp³-hybridized carbons (Fsp3) is 0. The van der Waals surface area contributed by atoms with Gasteiger partial charge in [-0.2, -0.15) is 0 Å². The molecule has 0 aliphatic carbocycles. The van der Waals surface area contributed by atoms with E-state index in [0.29, 0.717) is 0 Å². The second-order valence-corrected chi connectivity index (χ2v) is 19.0. The predicted octanol–water partition coefficient (Wildman–Crippen LogP) is 11.2. The molecule has 9 aromatic carbocycles. The molecule has 3 nitrogen and oxygen atoms in total. The summed E-state index contributed by atoms with van der Waals surface area (Å²) in [6, 6.07) is 80.3. The van der Waals surface area contributed by atoms with Crippen molar-refractivity contribution in [2.75, 3.05) is 0 Å². The van der Waals surface area contributed by atoms with E-state index in [1.165, 1.54) is 64.4 Å². The molecular weight excluding hydrogens is 721 g/mol. The second-order valence-electron chi connectivity index (χ2n) is 15.2. The van der Waals surface area contributed by atoms with E-state index in [0.717, 1.165) is 33.3 Å². The van der Waals surface area contributed by atoms with E-state index in [1.807, 2.05) is 6.07 Å². The fourth-order valence-corrected chi connectivity index (χ4v) is 14.6. The third-order valence-corrected chi connectivity index (χ3v) is 17.0. The highest BCUT2D eigenvalue weighted by Gasteiger charge is 2.42. The molecule has 3 heterocycles. The van der Waals surface area contributed by atoms with Crippen LogP contribution in [-0.4, -0.2) is 17.2 Å². The lowest BCUT2D eigenvalue weighted by Crippen LogP contribution is -2.74. The van der Waals surface area contributed by atoms with E-state index in [2.05, 4.69) is 221 Å². The molecule has 0 aliphatic rings. The van der Waals surface area contributed by atoms with Gasteiger partial charge >= 0.3 is 0 Å². The summed E-state index contributed by atoms with van der Waals surface area (Å²) >= 11 is 0. The molecule has 0 spiro atoms. The number of para-hydroxylation sites is 4. The van der Waals surface area contributed by atoms with Crippen molar-refractivity contribution in [2.24, 2.45) is 0 Å². The van der Waals surface area contributed by atoms with Crippen LogP contribution >= 0.6 is 0 Å². The molecule has 0 bridgehead atoms. The minimum Gasteiger partial charge on any atom is -0.456 e. The summed E-state index contributed by atoms with van der Waals surface area (Å²) < 4.78 is 11.3. The zero-order chi connectivity index (χ0) is 38.2. The minimum absolute atomic E-state index is 0.901. The van der Waals surface area contributed by atoms with Gasteiger partial charge in [0.2, 0.25) is 0 Å². The predicted molar refractivity (Wildman–Crippen MR) is 246 cm³/mol. The third kappa shape index (κ3) is 4.67. The summed E-state index contributed by atoms with van der Waals surface area (Å²) in [6.45, 7) is 0. The maximum atomic E-state index is 6.43. The average Bonchev–Trinajstić information content (AvgIpc) is 3.96. The first-order chi connectivity index (χ1) is 28.8. The Morgan fingerprint density at radius 2 is 0.810 bits per heavy atom. The van der Waals surface area contributed by atoms with Crippen LogP contribution in [0.25, 0.3) is 76.9 Å². The van der Waals surface area contributed by atoms with Crippen LogP contribution in [0, 0.1) is 0 Å². The van der Waals surface area contributed by atoms with Gasteiger partial charge in [-0.05, 0) is 81.4 Å². The second kappa shape index (κ2) is 12.8. The van der Waals surface area contributed by atoms with Gasteiger partial charge in [-0.15, -0.1) is 0 Å². The molecule has 3 aromatic heterocycles. The summed E-state index contributed by atoms with van der Waals surface area (Å²) in [6.07, 6.45) is 0. The Balaban J connectivity index is 1.14. The Morgan fingerprint density at radius 1 is 0.310 bits per heavy atom. The number of furan rings is 1. The monoisotopic (exact) mass is 756 g/mol. The molecule has 58 heavy (non-hydrogen) atoms. The molecule has 272 valence electrons. The highest BCUT2D eigenvalue weighted by Crippen LogP contribution is 2.40. The van der Waals surface area contributed by atoms with E-state index in [-0.39, 0.29) is 0 Å². The molecule has 4 heteroatoms. The van der Waals surface area contributed by atoms with Gasteiger partial charge in [0.25, 0.3) is 0 Å². The van der Waals surface area contributed by atoms with Crippen LogP contribution in [0.4, 0.5) is 0 Å². The van der Waals surface area contributed by atoms with Crippen LogP contribution in [-0.2, 0) is 0 Å². The number of hydrogen-bond acceptors (Lipinski definition) is 1. The number of aromatic nitrogens is 2. The summed E-state index contributed by atoms with van der Waals surface area (Å²) in [5.74, 6) is 0. The molecule has 0 N–H and O–H groups in total. The minimum atomic E-state index is -2.89. The Labute approximate surface area is 336 Å². The number of nitrogens with zero attached hydrogens (tertiary/aromatic N) is 2. The Bertz CT molecular complexity index is 3450. The number of fused-ring (bicyclic) bond motifs is 10. The van der Waals surface area contributed by atoms with E-state index in [4.69, 9.17) is 4.42 Å². The smallest absolute Gasteiger partial charge is 0.179 e. The van der Waals surface area contributed by atoms with Gasteiger partial charge in [0.05, 0.1) is 27.5 Å². The van der Waals surface area contributed by atoms with Gasteiger partial charge < -0.3 is 13.6 Å². The van der Waals surface area contributed by atoms with Crippen molar-refractivity contribution in [3.63, 3.8) is 0 Å². The van der Waals surface area contributed by atoms with E-state index < -0.39 is 8.07 Å². The van der Waals surface area contributed by atoms with Gasteiger partial charge in [-0.1, -0.05) is 158 Å². The quantitative estimate of drug-likeness (QED) is 0.122. The molecule has 0 atom stereocenters. The first-order valence-electron chi connectivity index (χ1n) is 19.9. The molecule has 0 amide bonds. The lowest BCUT2D eigenvalue weighted by molar-refractivity contribution is 0.669. The molecule has 12 aromatic rings. The highest BCUT2D eigenvalue weighted by molar-refractivity contribution is 7.20. The third-order valence-electron chi connectivity index (χ3n) is 12.3. The SMILES string of the molecule is c1ccc(-n2c3ccccc3c3cc([Si](c4ccccc4)(c4ccccc4)c4ccc(-n5c6ccccc6c6ccc7oc8ccccc8c7c65)cc4)ccc32)cc1. The van der Waals surface area contributed by atoms with Crippen LogP contribution < -0.4 is 20.7 Å². The molecular formula is C54H36N2OSi. The summed E-state index contributed by atoms with van der Waals surface area (Å²) in [4.78, 5) is 0. The number of benzene rings is 9. The first kappa shape index (κ1) is 32.8. The Kier molecular flexibility index (Phi) is 7.25. The van der Waals surface area contributed by atoms with Gasteiger partial charge in [0.1, 0.15) is 11.2 Å². The first-order valence-corrected chi connectivity index (χ1v) is 21.9. The maximum Gasteiger partial charge on any atom is 0.179 e. The maximum absolute atomic E-state index is 6.43. The van der Waals surface area contributed by atoms with E-state index in [1.54, 1.807) is 0 Å². The lowest BCUT2D eigenvalue weighted by Gasteiger charge is -2.34. The molecule has 0 unspecified atom stereocenters. The molecule has 12 rings (SSSR count). The average molecular weight is 757 g/mol. The van der Waals surface area contributed by atoms with Crippen molar-refractivity contribution >= 4 is 94.4 Å². The topological polar surface area (TPSA) is 23.0 Å². The summed E-state index contributed by atoms with van der Waals surface area (Å²) in [7, 11) is -2.89. The standard InChI is InChI=1S/C54H36N2OSi/c1-4-16-37(17-5-1)55-48-25-13-11-23-44(48)47-36-42(32-34-50(47)55)58(39-18-6-2-7-19-39,40-20-8-3-9-21-40)41-30-28-38(29-31-41)56-49-26-14-10-22-43(49)45-33-35-52-53(54(45)56)46-24-12-15-27-51(46)57-52/h1-36H. The van der Waals surface area contributed by atoms with Crippen molar-refractivity contribution < 1.29 is 4.42 Å². The Morgan fingerprint density at radius 3 is 1.50 bits per heavy atom. The number of hydrogen-bond donors (Lipinski definition) is 0. The van der Waals surface area contributed by atoms with Crippen LogP contribution in [0.1, 0.15) is 0 Å². The summed E-state index contributed by atoms with van der Waals surface area (Å²) in [5, 5.41) is 12.6. The van der Waals surface area contributed by atoms with Crippen molar-refractivity contribution in [1.29, 1.82) is 0 Å². The van der Waals surface area contributed by atoms with E-state index >= 15 is 0 Å². The molecule has 0 saturated carbocycles. The van der Waals surface area contributed by atoms with Crippen molar-refractivity contribution in [1.82, 2.24) is 9.13 Å². The fourth-order valence-electron chi connectivity index (χ4n) is 9.83. The van der Waals surface area contributed by atoms with Gasteiger partial charge in [0, 0.05) is 38.3 Å². The largest absolute Gasteiger partial charge is 0.456 e. The molecule has 0 saturated heterocycles. The van der Waals surface area contributed by atoms with Crippen LogP contribution in [0.5, 0.6) is 0 Å².